The SMILES string of the molecule is NC1CCCOCNC1=O. The van der Waals surface area contributed by atoms with Crippen molar-refractivity contribution in [3.63, 3.8) is 0 Å². The summed E-state index contributed by atoms with van der Waals surface area (Å²) in [6, 6.07) is -0.344. The number of carbonyl (C=O) groups is 1. The third-order valence-electron chi connectivity index (χ3n) is 1.49. The first-order valence-corrected chi connectivity index (χ1v) is 3.42. The van der Waals surface area contributed by atoms with Gasteiger partial charge in [-0.3, -0.25) is 4.79 Å². The Kier molecular flexibility index (Phi) is 2.65. The van der Waals surface area contributed by atoms with Gasteiger partial charge in [-0.1, -0.05) is 0 Å². The zero-order valence-corrected chi connectivity index (χ0v) is 5.80. The van der Waals surface area contributed by atoms with Crippen LogP contribution in [0.5, 0.6) is 0 Å². The first-order chi connectivity index (χ1) is 4.80. The lowest BCUT2D eigenvalue weighted by Crippen LogP contribution is -2.43. The minimum absolute atomic E-state index is 0.111. The number of hydrogen-bond donors (Lipinski definition) is 2. The summed E-state index contributed by atoms with van der Waals surface area (Å²) in [6.07, 6.45) is 1.58. The highest BCUT2D eigenvalue weighted by Crippen LogP contribution is 1.97. The molecule has 0 radical (unpaired) electrons. The lowest BCUT2D eigenvalue weighted by molar-refractivity contribution is -0.125. The summed E-state index contributed by atoms with van der Waals surface area (Å²) in [5.41, 5.74) is 5.48. The van der Waals surface area contributed by atoms with Gasteiger partial charge in [-0.2, -0.15) is 0 Å². The molecule has 58 valence electrons. The van der Waals surface area contributed by atoms with Gasteiger partial charge in [-0.15, -0.1) is 0 Å². The van der Waals surface area contributed by atoms with Gasteiger partial charge in [0.1, 0.15) is 6.73 Å². The average Bonchev–Trinajstić information content (AvgIpc) is 1.92. The van der Waals surface area contributed by atoms with E-state index in [-0.39, 0.29) is 11.9 Å². The Hall–Kier alpha value is -0.610. The molecule has 0 aliphatic carbocycles. The second-order valence-corrected chi connectivity index (χ2v) is 2.34. The Morgan fingerprint density at radius 3 is 3.30 bits per heavy atom. The summed E-state index contributed by atoms with van der Waals surface area (Å²) in [5, 5.41) is 2.55. The zero-order valence-electron chi connectivity index (χ0n) is 5.80. The second-order valence-electron chi connectivity index (χ2n) is 2.34. The van der Waals surface area contributed by atoms with E-state index in [1.54, 1.807) is 0 Å². The van der Waals surface area contributed by atoms with Crippen molar-refractivity contribution in [2.24, 2.45) is 5.73 Å². The Labute approximate surface area is 59.7 Å². The summed E-state index contributed by atoms with van der Waals surface area (Å²) < 4.78 is 5.01. The smallest absolute Gasteiger partial charge is 0.238 e. The molecule has 1 fully saturated rings. The Balaban J connectivity index is 2.35. The first-order valence-electron chi connectivity index (χ1n) is 3.42. The molecule has 1 heterocycles. The number of nitrogens with two attached hydrogens (primary N) is 1. The first kappa shape index (κ1) is 7.50. The highest BCUT2D eigenvalue weighted by molar-refractivity contribution is 5.81. The normalized spacial score (nSPS) is 28.5. The molecule has 0 aromatic rings. The molecule has 10 heavy (non-hydrogen) atoms. The zero-order chi connectivity index (χ0) is 7.40. The summed E-state index contributed by atoms with van der Waals surface area (Å²) in [7, 11) is 0. The fraction of sp³-hybridized carbons (Fsp3) is 0.833. The molecule has 1 aliphatic heterocycles. The van der Waals surface area contributed by atoms with Gasteiger partial charge in [0.05, 0.1) is 6.04 Å². The Bertz CT molecular complexity index is 127. The summed E-state index contributed by atoms with van der Waals surface area (Å²) in [4.78, 5) is 10.9. The highest BCUT2D eigenvalue weighted by Gasteiger charge is 2.13. The molecular weight excluding hydrogens is 132 g/mol. The van der Waals surface area contributed by atoms with Crippen molar-refractivity contribution in [2.75, 3.05) is 13.3 Å². The minimum atomic E-state index is -0.344. The summed E-state index contributed by atoms with van der Waals surface area (Å²) in [5.74, 6) is -0.111. The van der Waals surface area contributed by atoms with Crippen molar-refractivity contribution in [1.82, 2.24) is 5.32 Å². The van der Waals surface area contributed by atoms with Crippen LogP contribution in [0.1, 0.15) is 12.8 Å². The number of ether oxygens (including phenoxy) is 1. The number of nitrogens with one attached hydrogen (secondary N) is 1. The van der Waals surface area contributed by atoms with Crippen LogP contribution in [-0.2, 0) is 9.53 Å². The predicted octanol–water partition coefficient (Wildman–Crippen LogP) is -0.802. The molecule has 4 heteroatoms. The van der Waals surface area contributed by atoms with Gasteiger partial charge >= 0.3 is 0 Å². The van der Waals surface area contributed by atoms with Crippen molar-refractivity contribution < 1.29 is 9.53 Å². The maximum absolute atomic E-state index is 10.9. The molecule has 3 N–H and O–H groups in total. The van der Waals surface area contributed by atoms with Crippen LogP contribution in [0.3, 0.4) is 0 Å². The molecule has 1 unspecified atom stereocenters. The van der Waals surface area contributed by atoms with E-state index in [1.807, 2.05) is 0 Å². The molecule has 1 aliphatic rings. The van der Waals surface area contributed by atoms with E-state index in [0.717, 1.165) is 6.42 Å². The van der Waals surface area contributed by atoms with Crippen LogP contribution in [-0.4, -0.2) is 25.3 Å². The highest BCUT2D eigenvalue weighted by atomic mass is 16.5. The molecule has 0 spiro atoms. The van der Waals surface area contributed by atoms with Gasteiger partial charge in [-0.05, 0) is 12.8 Å². The van der Waals surface area contributed by atoms with Crippen LogP contribution >= 0.6 is 0 Å². The van der Waals surface area contributed by atoms with Crippen molar-refractivity contribution in [3.05, 3.63) is 0 Å². The van der Waals surface area contributed by atoms with E-state index in [4.69, 9.17) is 10.5 Å². The third kappa shape index (κ3) is 1.97. The fourth-order valence-electron chi connectivity index (χ4n) is 0.862. The number of hydrogen-bond acceptors (Lipinski definition) is 3. The van der Waals surface area contributed by atoms with E-state index in [0.29, 0.717) is 19.8 Å². The summed E-state index contributed by atoms with van der Waals surface area (Å²) >= 11 is 0. The van der Waals surface area contributed by atoms with Crippen LogP contribution < -0.4 is 11.1 Å². The van der Waals surface area contributed by atoms with Crippen molar-refractivity contribution in [2.45, 2.75) is 18.9 Å². The van der Waals surface area contributed by atoms with Crippen molar-refractivity contribution in [1.29, 1.82) is 0 Å². The van der Waals surface area contributed by atoms with Crippen LogP contribution in [0.25, 0.3) is 0 Å². The van der Waals surface area contributed by atoms with Crippen molar-refractivity contribution >= 4 is 5.91 Å². The molecule has 0 aromatic carbocycles. The number of rotatable bonds is 0. The third-order valence-corrected chi connectivity index (χ3v) is 1.49. The molecule has 0 bridgehead atoms. The molecular formula is C6H12N2O2. The fourth-order valence-corrected chi connectivity index (χ4v) is 0.862. The minimum Gasteiger partial charge on any atom is -0.361 e. The monoisotopic (exact) mass is 144 g/mol. The molecule has 4 nitrogen and oxygen atoms in total. The van der Waals surface area contributed by atoms with E-state index < -0.39 is 0 Å². The van der Waals surface area contributed by atoms with Gasteiger partial charge in [-0.25, -0.2) is 0 Å². The van der Waals surface area contributed by atoms with Crippen LogP contribution in [0.15, 0.2) is 0 Å². The lowest BCUT2D eigenvalue weighted by atomic mass is 10.1. The Morgan fingerprint density at radius 1 is 1.70 bits per heavy atom. The van der Waals surface area contributed by atoms with Crippen LogP contribution in [0.4, 0.5) is 0 Å². The van der Waals surface area contributed by atoms with Crippen LogP contribution in [0.2, 0.25) is 0 Å². The van der Waals surface area contributed by atoms with Crippen molar-refractivity contribution in [3.8, 4) is 0 Å². The molecule has 1 amide bonds. The topological polar surface area (TPSA) is 64.3 Å². The van der Waals surface area contributed by atoms with E-state index in [1.165, 1.54) is 0 Å². The van der Waals surface area contributed by atoms with Gasteiger partial charge < -0.3 is 15.8 Å². The number of amides is 1. The predicted molar refractivity (Wildman–Crippen MR) is 36.2 cm³/mol. The average molecular weight is 144 g/mol. The van der Waals surface area contributed by atoms with E-state index in [9.17, 15) is 4.79 Å². The van der Waals surface area contributed by atoms with Crippen LogP contribution in [0, 0.1) is 0 Å². The summed E-state index contributed by atoms with van der Waals surface area (Å²) in [6.45, 7) is 0.987. The van der Waals surface area contributed by atoms with Gasteiger partial charge in [0, 0.05) is 6.61 Å². The van der Waals surface area contributed by atoms with Gasteiger partial charge in [0.25, 0.3) is 0 Å². The second kappa shape index (κ2) is 3.53. The van der Waals surface area contributed by atoms with E-state index >= 15 is 0 Å². The lowest BCUT2D eigenvalue weighted by Gasteiger charge is -2.15. The maximum Gasteiger partial charge on any atom is 0.238 e. The Morgan fingerprint density at radius 2 is 2.50 bits per heavy atom. The molecule has 1 saturated heterocycles. The quantitative estimate of drug-likeness (QED) is 0.467. The molecule has 0 saturated carbocycles. The standard InChI is InChI=1S/C6H12N2O2/c7-5-2-1-3-10-4-8-6(5)9/h5H,1-4,7H2,(H,8,9). The molecule has 0 aromatic heterocycles. The van der Waals surface area contributed by atoms with Gasteiger partial charge in [0.2, 0.25) is 5.91 Å². The molecule has 1 rings (SSSR count). The largest absolute Gasteiger partial charge is 0.361 e. The number of carbonyl (C=O) groups excluding carboxylic acids is 1. The maximum atomic E-state index is 10.9. The van der Waals surface area contributed by atoms with Gasteiger partial charge in [0.15, 0.2) is 0 Å². The van der Waals surface area contributed by atoms with E-state index in [2.05, 4.69) is 5.32 Å². The molecule has 1 atom stereocenters.